The number of fused-ring (bicyclic) bond motifs is 1. The molecule has 3 N–H and O–H groups in total. The molecule has 2 aromatic rings. The monoisotopic (exact) mass is 221 g/mol. The van der Waals surface area contributed by atoms with Crippen molar-refractivity contribution in [3.63, 3.8) is 0 Å². The van der Waals surface area contributed by atoms with Crippen molar-refractivity contribution in [3.8, 4) is 0 Å². The van der Waals surface area contributed by atoms with Gasteiger partial charge < -0.3 is 15.1 Å². The lowest BCUT2D eigenvalue weighted by Crippen LogP contribution is -2.18. The molecule has 0 aliphatic rings. The van der Waals surface area contributed by atoms with Gasteiger partial charge in [-0.2, -0.15) is 0 Å². The Bertz CT molecular complexity index is 556. The van der Waals surface area contributed by atoms with Gasteiger partial charge in [-0.25, -0.2) is 4.79 Å². The highest BCUT2D eigenvalue weighted by atomic mass is 16.4. The van der Waals surface area contributed by atoms with Crippen molar-refractivity contribution in [2.45, 2.75) is 13.3 Å². The Labute approximate surface area is 92.8 Å². The quantitative estimate of drug-likeness (QED) is 0.771. The number of benzene rings is 1. The third kappa shape index (κ3) is 1.76. The third-order valence-corrected chi connectivity index (χ3v) is 2.54. The second kappa shape index (κ2) is 3.92. The SMILES string of the molecule is CCCN(C)c1cc2[nH]c(=O)oc2cc1N. The molecular weight excluding hydrogens is 206 g/mol. The summed E-state index contributed by atoms with van der Waals surface area (Å²) in [4.78, 5) is 15.7. The summed E-state index contributed by atoms with van der Waals surface area (Å²) < 4.78 is 4.93. The molecule has 0 fully saturated rings. The van der Waals surface area contributed by atoms with Crippen molar-refractivity contribution in [3.05, 3.63) is 22.7 Å². The van der Waals surface area contributed by atoms with Gasteiger partial charge in [0.2, 0.25) is 0 Å². The number of nitrogens with two attached hydrogens (primary N) is 1. The molecule has 2 rings (SSSR count). The predicted octanol–water partition coefficient (Wildman–Crippen LogP) is 1.55. The van der Waals surface area contributed by atoms with Crippen molar-refractivity contribution >= 4 is 22.5 Å². The Hall–Kier alpha value is -1.91. The first-order chi connectivity index (χ1) is 7.61. The van der Waals surface area contributed by atoms with E-state index < -0.39 is 5.76 Å². The second-order valence-electron chi connectivity index (χ2n) is 3.84. The summed E-state index contributed by atoms with van der Waals surface area (Å²) in [6, 6.07) is 3.51. The van der Waals surface area contributed by atoms with Gasteiger partial charge in [-0.15, -0.1) is 0 Å². The molecule has 0 aliphatic heterocycles. The van der Waals surface area contributed by atoms with Crippen LogP contribution in [0.1, 0.15) is 13.3 Å². The zero-order valence-corrected chi connectivity index (χ0v) is 9.41. The van der Waals surface area contributed by atoms with Crippen LogP contribution in [0.25, 0.3) is 11.1 Å². The summed E-state index contributed by atoms with van der Waals surface area (Å²) in [5.41, 5.74) is 8.61. The van der Waals surface area contributed by atoms with Gasteiger partial charge in [-0.05, 0) is 12.5 Å². The van der Waals surface area contributed by atoms with Crippen molar-refractivity contribution < 1.29 is 4.42 Å². The van der Waals surface area contributed by atoms with E-state index >= 15 is 0 Å². The van der Waals surface area contributed by atoms with Gasteiger partial charge in [-0.1, -0.05) is 6.92 Å². The highest BCUT2D eigenvalue weighted by Gasteiger charge is 2.09. The van der Waals surface area contributed by atoms with Crippen LogP contribution < -0.4 is 16.4 Å². The lowest BCUT2D eigenvalue weighted by atomic mass is 10.2. The van der Waals surface area contributed by atoms with E-state index in [2.05, 4.69) is 16.8 Å². The number of hydrogen-bond acceptors (Lipinski definition) is 4. The van der Waals surface area contributed by atoms with E-state index in [0.717, 1.165) is 18.7 Å². The summed E-state index contributed by atoms with van der Waals surface area (Å²) in [5.74, 6) is -0.454. The highest BCUT2D eigenvalue weighted by molar-refractivity contribution is 5.85. The second-order valence-corrected chi connectivity index (χ2v) is 3.84. The molecule has 16 heavy (non-hydrogen) atoms. The number of anilines is 2. The maximum absolute atomic E-state index is 11.0. The summed E-state index contributed by atoms with van der Waals surface area (Å²) >= 11 is 0. The first kappa shape index (κ1) is 10.6. The van der Waals surface area contributed by atoms with E-state index in [1.807, 2.05) is 13.1 Å². The van der Waals surface area contributed by atoms with Gasteiger partial charge in [-0.3, -0.25) is 4.98 Å². The Morgan fingerprint density at radius 1 is 1.50 bits per heavy atom. The van der Waals surface area contributed by atoms with E-state index in [9.17, 15) is 4.79 Å². The summed E-state index contributed by atoms with van der Waals surface area (Å²) in [6.07, 6.45) is 1.04. The number of nitrogen functional groups attached to an aromatic ring is 1. The molecule has 0 saturated carbocycles. The van der Waals surface area contributed by atoms with Crippen LogP contribution in [0.4, 0.5) is 11.4 Å². The lowest BCUT2D eigenvalue weighted by molar-refractivity contribution is 0.555. The number of aromatic amines is 1. The van der Waals surface area contributed by atoms with Crippen LogP contribution in [0, 0.1) is 0 Å². The van der Waals surface area contributed by atoms with Crippen LogP contribution >= 0.6 is 0 Å². The number of hydrogen-bond donors (Lipinski definition) is 2. The molecule has 1 aromatic carbocycles. The summed E-state index contributed by atoms with van der Waals surface area (Å²) in [6.45, 7) is 3.02. The first-order valence-corrected chi connectivity index (χ1v) is 5.25. The van der Waals surface area contributed by atoms with E-state index in [1.165, 1.54) is 0 Å². The minimum absolute atomic E-state index is 0.454. The van der Waals surface area contributed by atoms with E-state index in [1.54, 1.807) is 6.07 Å². The minimum atomic E-state index is -0.454. The molecule has 1 heterocycles. The van der Waals surface area contributed by atoms with Gasteiger partial charge >= 0.3 is 5.76 Å². The van der Waals surface area contributed by atoms with E-state index in [0.29, 0.717) is 16.8 Å². The van der Waals surface area contributed by atoms with Gasteiger partial charge in [0.05, 0.1) is 16.9 Å². The fourth-order valence-corrected chi connectivity index (χ4v) is 1.79. The molecule has 0 spiro atoms. The van der Waals surface area contributed by atoms with Crippen LogP contribution in [-0.4, -0.2) is 18.6 Å². The number of nitrogens with one attached hydrogen (secondary N) is 1. The molecule has 0 radical (unpaired) electrons. The van der Waals surface area contributed by atoms with Crippen molar-refractivity contribution in [2.24, 2.45) is 0 Å². The topological polar surface area (TPSA) is 75.3 Å². The molecule has 0 amide bonds. The van der Waals surface area contributed by atoms with E-state index in [4.69, 9.17) is 10.2 Å². The molecule has 1 aromatic heterocycles. The largest absolute Gasteiger partial charge is 0.417 e. The summed E-state index contributed by atoms with van der Waals surface area (Å²) in [7, 11) is 1.97. The molecule has 0 atom stereocenters. The molecule has 86 valence electrons. The zero-order valence-electron chi connectivity index (χ0n) is 9.41. The Kier molecular flexibility index (Phi) is 2.60. The van der Waals surface area contributed by atoms with Gasteiger partial charge in [0, 0.05) is 19.7 Å². The van der Waals surface area contributed by atoms with Crippen molar-refractivity contribution in [1.82, 2.24) is 4.98 Å². The van der Waals surface area contributed by atoms with Crippen molar-refractivity contribution in [2.75, 3.05) is 24.2 Å². The average Bonchev–Trinajstić information content (AvgIpc) is 2.56. The van der Waals surface area contributed by atoms with Gasteiger partial charge in [0.1, 0.15) is 0 Å². The Morgan fingerprint density at radius 2 is 2.25 bits per heavy atom. The lowest BCUT2D eigenvalue weighted by Gasteiger charge is -2.19. The van der Waals surface area contributed by atoms with Gasteiger partial charge in [0.25, 0.3) is 0 Å². The minimum Gasteiger partial charge on any atom is -0.408 e. The third-order valence-electron chi connectivity index (χ3n) is 2.54. The average molecular weight is 221 g/mol. The molecule has 0 aliphatic carbocycles. The molecule has 0 saturated heterocycles. The Morgan fingerprint density at radius 3 is 2.94 bits per heavy atom. The molecule has 0 unspecified atom stereocenters. The number of H-pyrrole nitrogens is 1. The van der Waals surface area contributed by atoms with Crippen LogP contribution in [0.15, 0.2) is 21.3 Å². The maximum atomic E-state index is 11.0. The van der Waals surface area contributed by atoms with Gasteiger partial charge in [0.15, 0.2) is 5.58 Å². The summed E-state index contributed by atoms with van der Waals surface area (Å²) in [5, 5.41) is 0. The van der Waals surface area contributed by atoms with Crippen LogP contribution in [0.5, 0.6) is 0 Å². The number of nitrogens with zero attached hydrogens (tertiary/aromatic N) is 1. The van der Waals surface area contributed by atoms with E-state index in [-0.39, 0.29) is 0 Å². The molecular formula is C11H15N3O2. The first-order valence-electron chi connectivity index (χ1n) is 5.25. The fraction of sp³-hybridized carbons (Fsp3) is 0.364. The van der Waals surface area contributed by atoms with Crippen LogP contribution in [0.2, 0.25) is 0 Å². The number of rotatable bonds is 3. The number of aromatic nitrogens is 1. The highest BCUT2D eigenvalue weighted by Crippen LogP contribution is 2.27. The van der Waals surface area contributed by atoms with Crippen molar-refractivity contribution in [1.29, 1.82) is 0 Å². The Balaban J connectivity index is 2.52. The predicted molar refractivity (Wildman–Crippen MR) is 64.8 cm³/mol. The molecule has 5 heteroatoms. The van der Waals surface area contributed by atoms with Crippen LogP contribution in [-0.2, 0) is 0 Å². The molecule has 5 nitrogen and oxygen atoms in total. The standard InChI is InChI=1S/C11H15N3O2/c1-3-4-14(2)9-6-8-10(5-7(9)12)16-11(15)13-8/h5-6H,3-4,12H2,1-2H3,(H,13,15). The molecule has 0 bridgehead atoms. The fourth-order valence-electron chi connectivity index (χ4n) is 1.79. The normalized spacial score (nSPS) is 10.9. The number of oxazole rings is 1. The van der Waals surface area contributed by atoms with Crippen LogP contribution in [0.3, 0.4) is 0 Å². The zero-order chi connectivity index (χ0) is 11.7. The smallest absolute Gasteiger partial charge is 0.408 e. The maximum Gasteiger partial charge on any atom is 0.417 e.